The summed E-state index contributed by atoms with van der Waals surface area (Å²) in [6.07, 6.45) is 10.0. The Morgan fingerprint density at radius 1 is 1.14 bits per heavy atom. The summed E-state index contributed by atoms with van der Waals surface area (Å²) in [6, 6.07) is 12.3. The topological polar surface area (TPSA) is 78.3 Å². The van der Waals surface area contributed by atoms with Gasteiger partial charge in [0, 0.05) is 11.6 Å². The lowest BCUT2D eigenvalue weighted by Gasteiger charge is -2.24. The van der Waals surface area contributed by atoms with E-state index in [9.17, 15) is 4.79 Å². The van der Waals surface area contributed by atoms with Crippen molar-refractivity contribution in [3.63, 3.8) is 0 Å². The summed E-state index contributed by atoms with van der Waals surface area (Å²) in [7, 11) is 1.41. The first-order valence-corrected chi connectivity index (χ1v) is 13.5. The van der Waals surface area contributed by atoms with E-state index in [0.29, 0.717) is 24.8 Å². The normalized spacial score (nSPS) is 14.9. The zero-order valence-corrected chi connectivity index (χ0v) is 21.5. The molecule has 1 N–H and O–H groups in total. The molecule has 36 heavy (non-hydrogen) atoms. The van der Waals surface area contributed by atoms with Gasteiger partial charge in [0.1, 0.15) is 12.4 Å². The van der Waals surface area contributed by atoms with Gasteiger partial charge < -0.3 is 19.4 Å². The number of thiazole rings is 1. The van der Waals surface area contributed by atoms with Crippen LogP contribution in [0.25, 0.3) is 32.6 Å². The van der Waals surface area contributed by atoms with E-state index in [0.717, 1.165) is 50.6 Å². The molecule has 2 aromatic carbocycles. The molecule has 0 bridgehead atoms. The highest BCUT2D eigenvalue weighted by Gasteiger charge is 2.24. The Hall–Kier alpha value is -3.39. The van der Waals surface area contributed by atoms with Crippen LogP contribution in [0, 0.1) is 0 Å². The molecule has 0 unspecified atom stereocenters. The first-order chi connectivity index (χ1) is 17.7. The van der Waals surface area contributed by atoms with Gasteiger partial charge in [-0.2, -0.15) is 0 Å². The summed E-state index contributed by atoms with van der Waals surface area (Å²) in [4.78, 5) is 22.1. The van der Waals surface area contributed by atoms with Gasteiger partial charge in [-0.25, -0.2) is 14.8 Å². The highest BCUT2D eigenvalue weighted by Crippen LogP contribution is 2.39. The van der Waals surface area contributed by atoms with Gasteiger partial charge in [0.2, 0.25) is 0 Å². The summed E-state index contributed by atoms with van der Waals surface area (Å²) in [6.45, 7) is 4.77. The van der Waals surface area contributed by atoms with E-state index in [-0.39, 0.29) is 5.97 Å². The number of methoxy groups -OCH3 is 1. The van der Waals surface area contributed by atoms with E-state index in [1.807, 2.05) is 30.3 Å². The maximum atomic E-state index is 12.2. The van der Waals surface area contributed by atoms with Crippen LogP contribution in [0.4, 0.5) is 5.13 Å². The molecule has 0 aliphatic heterocycles. The number of ether oxygens (including phenoxy) is 2. The number of esters is 1. The van der Waals surface area contributed by atoms with E-state index in [4.69, 9.17) is 19.4 Å². The zero-order valence-electron chi connectivity index (χ0n) is 20.7. The monoisotopic (exact) mass is 504 g/mol. The second kappa shape index (κ2) is 11.1. The van der Waals surface area contributed by atoms with Crippen molar-refractivity contribution in [3.8, 4) is 11.4 Å². The average Bonchev–Trinajstić information content (AvgIpc) is 3.47. The van der Waals surface area contributed by atoms with E-state index in [2.05, 4.69) is 22.5 Å². The Morgan fingerprint density at radius 2 is 1.94 bits per heavy atom. The quantitative estimate of drug-likeness (QED) is 0.159. The molecule has 0 radical (unpaired) electrons. The summed E-state index contributed by atoms with van der Waals surface area (Å²) in [5, 5.41) is 4.20. The summed E-state index contributed by atoms with van der Waals surface area (Å²) >= 11 is 1.63. The predicted octanol–water partition coefficient (Wildman–Crippen LogP) is 6.96. The molecule has 2 aromatic heterocycles. The number of rotatable bonds is 8. The third-order valence-electron chi connectivity index (χ3n) is 6.82. The number of hydrogen-bond acceptors (Lipinski definition) is 7. The van der Waals surface area contributed by atoms with E-state index in [1.54, 1.807) is 11.3 Å². The molecule has 1 saturated carbocycles. The third-order valence-corrected chi connectivity index (χ3v) is 7.88. The van der Waals surface area contributed by atoms with Crippen molar-refractivity contribution in [2.75, 3.05) is 25.6 Å². The Balaban J connectivity index is 1.62. The van der Waals surface area contributed by atoms with Crippen molar-refractivity contribution in [3.05, 3.63) is 54.8 Å². The molecule has 1 aliphatic carbocycles. The van der Waals surface area contributed by atoms with Gasteiger partial charge in [0.25, 0.3) is 0 Å². The number of anilines is 1. The van der Waals surface area contributed by atoms with Gasteiger partial charge >= 0.3 is 5.97 Å². The van der Waals surface area contributed by atoms with Crippen LogP contribution in [0.5, 0.6) is 0 Å². The first kappa shape index (κ1) is 24.3. The number of fused-ring (bicyclic) bond motifs is 2. The minimum atomic E-state index is -0.348. The molecule has 5 rings (SSSR count). The van der Waals surface area contributed by atoms with E-state index >= 15 is 0 Å². The van der Waals surface area contributed by atoms with Gasteiger partial charge in [-0.05, 0) is 43.2 Å². The van der Waals surface area contributed by atoms with Crippen LogP contribution in [-0.4, -0.2) is 40.8 Å². The molecule has 1 aliphatic rings. The van der Waals surface area contributed by atoms with Crippen molar-refractivity contribution in [1.29, 1.82) is 0 Å². The molecule has 0 saturated heterocycles. The number of nitrogens with zero attached hydrogens (tertiary/aromatic N) is 3. The molecule has 4 aromatic rings. The SMILES string of the molecule is C=COCCNc1nc2cccc(-c3nc4cc(C(=O)OC)ccc4n3C3CCCCCCC3)c2s1. The second-order valence-electron chi connectivity index (χ2n) is 9.14. The number of benzene rings is 2. The van der Waals surface area contributed by atoms with Crippen molar-refractivity contribution in [2.24, 2.45) is 0 Å². The predicted molar refractivity (Wildman–Crippen MR) is 146 cm³/mol. The third kappa shape index (κ3) is 4.95. The Bertz CT molecular complexity index is 1370. The number of carbonyl (C=O) groups is 1. The lowest BCUT2D eigenvalue weighted by molar-refractivity contribution is 0.0601. The van der Waals surface area contributed by atoms with Crippen molar-refractivity contribution < 1.29 is 14.3 Å². The minimum Gasteiger partial charge on any atom is -0.500 e. The zero-order chi connectivity index (χ0) is 24.9. The molecule has 2 heterocycles. The summed E-state index contributed by atoms with van der Waals surface area (Å²) < 4.78 is 13.7. The largest absolute Gasteiger partial charge is 0.500 e. The summed E-state index contributed by atoms with van der Waals surface area (Å²) in [5.41, 5.74) is 4.40. The molecule has 8 heteroatoms. The molecule has 188 valence electrons. The van der Waals surface area contributed by atoms with Gasteiger partial charge in [-0.1, -0.05) is 56.1 Å². The maximum absolute atomic E-state index is 12.2. The van der Waals surface area contributed by atoms with Crippen LogP contribution in [0.1, 0.15) is 61.3 Å². The number of imidazole rings is 1. The Morgan fingerprint density at radius 3 is 2.72 bits per heavy atom. The lowest BCUT2D eigenvalue weighted by atomic mass is 9.96. The average molecular weight is 505 g/mol. The highest BCUT2D eigenvalue weighted by atomic mass is 32.1. The van der Waals surface area contributed by atoms with Crippen LogP contribution in [0.15, 0.2) is 49.2 Å². The van der Waals surface area contributed by atoms with Crippen molar-refractivity contribution >= 4 is 43.7 Å². The van der Waals surface area contributed by atoms with Crippen LogP contribution < -0.4 is 5.32 Å². The fourth-order valence-corrected chi connectivity index (χ4v) is 6.10. The van der Waals surface area contributed by atoms with Gasteiger partial charge in [-0.15, -0.1) is 0 Å². The fraction of sp³-hybridized carbons (Fsp3) is 0.393. The minimum absolute atomic E-state index is 0.348. The van der Waals surface area contributed by atoms with Crippen molar-refractivity contribution in [1.82, 2.24) is 14.5 Å². The summed E-state index contributed by atoms with van der Waals surface area (Å²) in [5.74, 6) is 0.591. The first-order valence-electron chi connectivity index (χ1n) is 12.7. The van der Waals surface area contributed by atoms with Crippen LogP contribution in [0.3, 0.4) is 0 Å². The Labute approximate surface area is 215 Å². The van der Waals surface area contributed by atoms with Crippen LogP contribution in [0.2, 0.25) is 0 Å². The second-order valence-corrected chi connectivity index (χ2v) is 10.1. The van der Waals surface area contributed by atoms with Crippen molar-refractivity contribution in [2.45, 2.75) is 51.0 Å². The Kier molecular flexibility index (Phi) is 7.51. The van der Waals surface area contributed by atoms with Crippen LogP contribution >= 0.6 is 11.3 Å². The molecule has 7 nitrogen and oxygen atoms in total. The molecule has 0 amide bonds. The number of hydrogen-bond donors (Lipinski definition) is 1. The van der Waals surface area contributed by atoms with Crippen LogP contribution in [-0.2, 0) is 9.47 Å². The molecular formula is C28H32N4O3S. The highest BCUT2D eigenvalue weighted by molar-refractivity contribution is 7.22. The van der Waals surface area contributed by atoms with E-state index in [1.165, 1.54) is 45.5 Å². The standard InChI is InChI=1S/C28H32N4O3S/c1-3-35-17-16-29-28-31-22-13-9-12-21(25(22)36-28)26-30-23-18-19(27(33)34-2)14-15-24(23)32(26)20-10-7-5-4-6-8-11-20/h3,9,12-15,18,20H,1,4-8,10-11,16-17H2,2H3,(H,29,31). The number of nitrogens with one attached hydrogen (secondary N) is 1. The fourth-order valence-electron chi connectivity index (χ4n) is 5.10. The smallest absolute Gasteiger partial charge is 0.337 e. The molecule has 1 fully saturated rings. The molecule has 0 spiro atoms. The number of aromatic nitrogens is 3. The maximum Gasteiger partial charge on any atom is 0.337 e. The van der Waals surface area contributed by atoms with E-state index < -0.39 is 0 Å². The molecular weight excluding hydrogens is 472 g/mol. The van der Waals surface area contributed by atoms with Gasteiger partial charge in [-0.3, -0.25) is 0 Å². The lowest BCUT2D eigenvalue weighted by Crippen LogP contribution is -2.12. The van der Waals surface area contributed by atoms with Gasteiger partial charge in [0.05, 0.1) is 46.7 Å². The molecule has 0 atom stereocenters. The van der Waals surface area contributed by atoms with Gasteiger partial charge in [0.15, 0.2) is 5.13 Å². The number of carbonyl (C=O) groups excluding carboxylic acids is 1.